The molecule has 3 N–H and O–H groups in total. The number of benzene rings is 1. The second-order valence-corrected chi connectivity index (χ2v) is 4.40. The summed E-state index contributed by atoms with van der Waals surface area (Å²) in [7, 11) is 0. The van der Waals surface area contributed by atoms with E-state index in [9.17, 15) is 9.59 Å². The lowest BCUT2D eigenvalue weighted by Gasteiger charge is -2.26. The maximum absolute atomic E-state index is 11.7. The van der Waals surface area contributed by atoms with Crippen LogP contribution in [0.15, 0.2) is 30.5 Å². The van der Waals surface area contributed by atoms with Gasteiger partial charge in [0.15, 0.2) is 0 Å². The van der Waals surface area contributed by atoms with Crippen LogP contribution < -0.4 is 16.0 Å². The molecule has 1 aliphatic heterocycles. The largest absolute Gasteiger partial charge is 0.399 e. The Morgan fingerprint density at radius 3 is 2.89 bits per heavy atom. The number of carbonyl (C=O) groups is 2. The summed E-state index contributed by atoms with van der Waals surface area (Å²) in [5, 5.41) is 3.18. The molecule has 0 atom stereocenters. The Bertz CT molecular complexity index is 683. The van der Waals surface area contributed by atoms with E-state index in [4.69, 9.17) is 5.73 Å². The smallest absolute Gasteiger partial charge is 0.328 e. The average Bonchev–Trinajstić information content (AvgIpc) is 2.38. The van der Waals surface area contributed by atoms with Gasteiger partial charge in [-0.15, -0.1) is 0 Å². The monoisotopic (exact) mass is 256 g/mol. The molecule has 0 unspecified atom stereocenters. The lowest BCUT2D eigenvalue weighted by Crippen LogP contribution is -2.49. The van der Waals surface area contributed by atoms with E-state index >= 15 is 0 Å². The highest BCUT2D eigenvalue weighted by atomic mass is 16.2. The van der Waals surface area contributed by atoms with E-state index in [2.05, 4.69) is 10.3 Å². The molecule has 1 fully saturated rings. The van der Waals surface area contributed by atoms with Gasteiger partial charge in [-0.3, -0.25) is 20.0 Å². The van der Waals surface area contributed by atoms with Crippen LogP contribution in [0, 0.1) is 0 Å². The van der Waals surface area contributed by atoms with Crippen molar-refractivity contribution in [3.05, 3.63) is 30.5 Å². The van der Waals surface area contributed by atoms with Crippen molar-refractivity contribution in [2.24, 2.45) is 0 Å². The first-order chi connectivity index (χ1) is 9.13. The second-order valence-electron chi connectivity index (χ2n) is 4.40. The molecule has 2 aromatic rings. The zero-order valence-electron chi connectivity index (χ0n) is 10.1. The van der Waals surface area contributed by atoms with Crippen LogP contribution in [0.3, 0.4) is 0 Å². The first-order valence-corrected chi connectivity index (χ1v) is 5.90. The van der Waals surface area contributed by atoms with E-state index in [1.807, 2.05) is 12.1 Å². The number of nitrogens with two attached hydrogens (primary N) is 1. The number of amides is 3. The van der Waals surface area contributed by atoms with Crippen LogP contribution in [0.1, 0.15) is 6.42 Å². The number of fused-ring (bicyclic) bond motifs is 1. The predicted octanol–water partition coefficient (Wildman–Crippen LogP) is 1.26. The van der Waals surface area contributed by atoms with Gasteiger partial charge in [-0.2, -0.15) is 0 Å². The zero-order chi connectivity index (χ0) is 13.4. The number of hydrogen-bond acceptors (Lipinski definition) is 4. The van der Waals surface area contributed by atoms with Crippen LogP contribution in [0.5, 0.6) is 0 Å². The first kappa shape index (κ1) is 11.5. The maximum atomic E-state index is 11.7. The highest BCUT2D eigenvalue weighted by molar-refractivity contribution is 6.06. The number of hydrogen-bond donors (Lipinski definition) is 2. The molecule has 1 saturated heterocycles. The molecule has 1 aromatic carbocycles. The van der Waals surface area contributed by atoms with E-state index in [-0.39, 0.29) is 5.91 Å². The molecule has 0 bridgehead atoms. The van der Waals surface area contributed by atoms with Crippen LogP contribution in [-0.4, -0.2) is 23.5 Å². The van der Waals surface area contributed by atoms with Crippen molar-refractivity contribution in [2.75, 3.05) is 17.2 Å². The summed E-state index contributed by atoms with van der Waals surface area (Å²) in [6, 6.07) is 6.87. The summed E-state index contributed by atoms with van der Waals surface area (Å²) in [4.78, 5) is 28.6. The molecule has 6 nitrogen and oxygen atoms in total. The summed E-state index contributed by atoms with van der Waals surface area (Å²) in [6.45, 7) is 0.368. The number of urea groups is 1. The van der Waals surface area contributed by atoms with Gasteiger partial charge < -0.3 is 5.73 Å². The van der Waals surface area contributed by atoms with Gasteiger partial charge in [-0.05, 0) is 18.2 Å². The van der Waals surface area contributed by atoms with Gasteiger partial charge in [0.1, 0.15) is 0 Å². The van der Waals surface area contributed by atoms with E-state index in [1.165, 1.54) is 4.90 Å². The van der Waals surface area contributed by atoms with Crippen molar-refractivity contribution < 1.29 is 9.59 Å². The van der Waals surface area contributed by atoms with Crippen molar-refractivity contribution in [2.45, 2.75) is 6.42 Å². The van der Waals surface area contributed by atoms with Crippen LogP contribution in [-0.2, 0) is 4.79 Å². The minimum absolute atomic E-state index is 0.247. The van der Waals surface area contributed by atoms with E-state index in [0.29, 0.717) is 24.3 Å². The first-order valence-electron chi connectivity index (χ1n) is 5.90. The highest BCUT2D eigenvalue weighted by Crippen LogP contribution is 2.22. The van der Waals surface area contributed by atoms with E-state index in [0.717, 1.165) is 10.9 Å². The Morgan fingerprint density at radius 2 is 2.11 bits per heavy atom. The van der Waals surface area contributed by atoms with Crippen LogP contribution in [0.4, 0.5) is 16.2 Å². The number of aromatic nitrogens is 1. The molecular weight excluding hydrogens is 244 g/mol. The number of imide groups is 1. The topological polar surface area (TPSA) is 88.3 Å². The Kier molecular flexibility index (Phi) is 2.56. The summed E-state index contributed by atoms with van der Waals surface area (Å²) in [6.07, 6.45) is 1.91. The zero-order valence-corrected chi connectivity index (χ0v) is 10.1. The van der Waals surface area contributed by atoms with Crippen molar-refractivity contribution in [3.63, 3.8) is 0 Å². The molecule has 19 heavy (non-hydrogen) atoms. The summed E-state index contributed by atoms with van der Waals surface area (Å²) in [5.74, 6) is -0.247. The van der Waals surface area contributed by atoms with Crippen molar-refractivity contribution in [3.8, 4) is 0 Å². The van der Waals surface area contributed by atoms with Gasteiger partial charge in [-0.25, -0.2) is 4.79 Å². The molecule has 2 heterocycles. The molecule has 1 aliphatic rings. The van der Waals surface area contributed by atoms with Gasteiger partial charge in [0.2, 0.25) is 5.91 Å². The van der Waals surface area contributed by atoms with Gasteiger partial charge in [0.25, 0.3) is 0 Å². The van der Waals surface area contributed by atoms with Crippen molar-refractivity contribution in [1.29, 1.82) is 0 Å². The minimum Gasteiger partial charge on any atom is -0.399 e. The fourth-order valence-corrected chi connectivity index (χ4v) is 2.08. The van der Waals surface area contributed by atoms with Gasteiger partial charge in [0, 0.05) is 24.0 Å². The molecular formula is C13H12N4O2. The highest BCUT2D eigenvalue weighted by Gasteiger charge is 2.24. The number of nitrogens with zero attached hydrogens (tertiary/aromatic N) is 2. The van der Waals surface area contributed by atoms with E-state index < -0.39 is 6.03 Å². The lowest BCUT2D eigenvalue weighted by molar-refractivity contribution is -0.120. The number of pyridine rings is 1. The quantitative estimate of drug-likeness (QED) is 0.752. The molecule has 96 valence electrons. The number of carbonyl (C=O) groups excluding carboxylic acids is 2. The number of nitrogen functional groups attached to an aromatic ring is 1. The fourth-order valence-electron chi connectivity index (χ4n) is 2.08. The third-order valence-corrected chi connectivity index (χ3v) is 3.06. The van der Waals surface area contributed by atoms with Gasteiger partial charge in [0.05, 0.1) is 17.4 Å². The summed E-state index contributed by atoms with van der Waals surface area (Å²) >= 11 is 0. The molecule has 0 radical (unpaired) electrons. The van der Waals surface area contributed by atoms with Crippen LogP contribution in [0.25, 0.3) is 10.9 Å². The SMILES string of the molecule is Nc1ccc2cc(N3CCC(=O)NC3=O)cnc2c1. The molecule has 0 spiro atoms. The molecule has 3 amide bonds. The van der Waals surface area contributed by atoms with Gasteiger partial charge in [-0.1, -0.05) is 6.07 Å². The maximum Gasteiger partial charge on any atom is 0.328 e. The predicted molar refractivity (Wildman–Crippen MR) is 71.7 cm³/mol. The standard InChI is InChI=1S/C13H12N4O2/c14-9-2-1-8-5-10(7-15-11(8)6-9)17-4-3-12(18)16-13(17)19/h1-2,5-7H,3-4,14H2,(H,16,18,19). The molecule has 6 heteroatoms. The molecule has 1 aromatic heterocycles. The third kappa shape index (κ3) is 2.08. The third-order valence-electron chi connectivity index (χ3n) is 3.06. The normalized spacial score (nSPS) is 15.7. The van der Waals surface area contributed by atoms with E-state index in [1.54, 1.807) is 18.3 Å². The number of rotatable bonds is 1. The second kappa shape index (κ2) is 4.24. The Morgan fingerprint density at radius 1 is 1.26 bits per heavy atom. The van der Waals surface area contributed by atoms with Crippen molar-refractivity contribution >= 4 is 34.2 Å². The Labute approximate surface area is 109 Å². The van der Waals surface area contributed by atoms with Crippen LogP contribution in [0.2, 0.25) is 0 Å². The number of nitrogens with one attached hydrogen (secondary N) is 1. The molecule has 3 rings (SSSR count). The Hall–Kier alpha value is -2.63. The molecule has 0 aliphatic carbocycles. The number of anilines is 2. The summed E-state index contributed by atoms with van der Waals surface area (Å²) < 4.78 is 0. The average molecular weight is 256 g/mol. The molecule has 0 saturated carbocycles. The lowest BCUT2D eigenvalue weighted by atomic mass is 10.2. The Balaban J connectivity index is 1.99. The van der Waals surface area contributed by atoms with Crippen LogP contribution >= 0.6 is 0 Å². The van der Waals surface area contributed by atoms with Crippen molar-refractivity contribution in [1.82, 2.24) is 10.3 Å². The minimum atomic E-state index is -0.409. The fraction of sp³-hybridized carbons (Fsp3) is 0.154. The van der Waals surface area contributed by atoms with Gasteiger partial charge >= 0.3 is 6.03 Å². The summed E-state index contributed by atoms with van der Waals surface area (Å²) in [5.41, 5.74) is 7.78.